The summed E-state index contributed by atoms with van der Waals surface area (Å²) in [7, 11) is 1.31. The summed E-state index contributed by atoms with van der Waals surface area (Å²) in [6.07, 6.45) is 2.68. The Morgan fingerprint density at radius 3 is 2.76 bits per heavy atom. The minimum atomic E-state index is -0.782. The van der Waals surface area contributed by atoms with E-state index in [4.69, 9.17) is 27.9 Å². The lowest BCUT2D eigenvalue weighted by atomic mass is 9.98. The van der Waals surface area contributed by atoms with Crippen LogP contribution in [0.15, 0.2) is 31.0 Å². The predicted molar refractivity (Wildman–Crippen MR) is 80.7 cm³/mol. The minimum Gasteiger partial charge on any atom is -0.494 e. The van der Waals surface area contributed by atoms with Crippen LogP contribution < -0.4 is 4.74 Å². The van der Waals surface area contributed by atoms with Crippen molar-refractivity contribution in [2.24, 2.45) is 0 Å². The smallest absolute Gasteiger partial charge is 0.199 e. The summed E-state index contributed by atoms with van der Waals surface area (Å²) in [6, 6.07) is 4.29. The van der Waals surface area contributed by atoms with Gasteiger partial charge in [-0.1, -0.05) is 41.9 Å². The lowest BCUT2D eigenvalue weighted by Gasteiger charge is -2.11. The molecule has 0 atom stereocenters. The molecule has 1 aromatic heterocycles. The molecule has 3 nitrogen and oxygen atoms in total. The first-order chi connectivity index (χ1) is 9.99. The van der Waals surface area contributed by atoms with Gasteiger partial charge in [0.25, 0.3) is 0 Å². The van der Waals surface area contributed by atoms with Crippen molar-refractivity contribution in [2.75, 3.05) is 7.11 Å². The maximum atomic E-state index is 14.4. The highest BCUT2D eigenvalue weighted by Crippen LogP contribution is 2.29. The monoisotopic (exact) mass is 325 g/mol. The number of rotatable bonds is 4. The van der Waals surface area contributed by atoms with Gasteiger partial charge in [-0.3, -0.25) is 4.79 Å². The molecule has 0 fully saturated rings. The van der Waals surface area contributed by atoms with Gasteiger partial charge >= 0.3 is 0 Å². The quantitative estimate of drug-likeness (QED) is 0.617. The molecule has 0 bridgehead atoms. The largest absolute Gasteiger partial charge is 0.494 e. The molecule has 0 spiro atoms. The molecule has 0 unspecified atom stereocenters. The highest BCUT2D eigenvalue weighted by molar-refractivity contribution is 6.35. The van der Waals surface area contributed by atoms with Crippen molar-refractivity contribution in [1.82, 2.24) is 4.98 Å². The van der Waals surface area contributed by atoms with Crippen LogP contribution in [0.2, 0.25) is 10.2 Å². The van der Waals surface area contributed by atoms with E-state index in [9.17, 15) is 9.18 Å². The van der Waals surface area contributed by atoms with Crippen molar-refractivity contribution in [1.29, 1.82) is 0 Å². The average Bonchev–Trinajstić information content (AvgIpc) is 2.48. The second-order valence-corrected chi connectivity index (χ2v) is 4.87. The van der Waals surface area contributed by atoms with Crippen LogP contribution in [0.3, 0.4) is 0 Å². The van der Waals surface area contributed by atoms with Crippen LogP contribution in [0.25, 0.3) is 6.08 Å². The first-order valence-corrected chi connectivity index (χ1v) is 6.59. The molecule has 2 aromatic rings. The number of pyridine rings is 1. The number of benzene rings is 1. The van der Waals surface area contributed by atoms with Crippen LogP contribution >= 0.6 is 23.2 Å². The molecule has 0 aliphatic carbocycles. The summed E-state index contributed by atoms with van der Waals surface area (Å²) in [4.78, 5) is 16.3. The van der Waals surface area contributed by atoms with Gasteiger partial charge in [0.1, 0.15) is 5.15 Å². The molecule has 2 rings (SSSR count). The van der Waals surface area contributed by atoms with E-state index in [-0.39, 0.29) is 27.1 Å². The standard InChI is InChI=1S/C15H10Cl2FNO2/c1-3-8-4-5-11(21-2)13(18)12(8)14(20)10-6-9(16)7-19-15(10)17/h3-7H,1H2,2H3. The number of carbonyl (C=O) groups is 1. The van der Waals surface area contributed by atoms with Gasteiger partial charge in [-0.15, -0.1) is 0 Å². The Labute approximate surface area is 131 Å². The van der Waals surface area contributed by atoms with Gasteiger partial charge in [0.05, 0.1) is 23.3 Å². The number of aromatic nitrogens is 1. The van der Waals surface area contributed by atoms with Gasteiger partial charge < -0.3 is 4.74 Å². The van der Waals surface area contributed by atoms with E-state index in [0.717, 1.165) is 0 Å². The summed E-state index contributed by atoms with van der Waals surface area (Å²) >= 11 is 11.7. The third-order valence-corrected chi connectivity index (χ3v) is 3.36. The molecule has 0 saturated carbocycles. The third-order valence-electron chi connectivity index (χ3n) is 2.86. The molecule has 108 valence electrons. The first kappa shape index (κ1) is 15.5. The van der Waals surface area contributed by atoms with Crippen LogP contribution in [-0.4, -0.2) is 17.9 Å². The van der Waals surface area contributed by atoms with Crippen LogP contribution in [0.4, 0.5) is 4.39 Å². The van der Waals surface area contributed by atoms with Gasteiger partial charge in [0.15, 0.2) is 17.3 Å². The molecule has 1 aromatic carbocycles. The van der Waals surface area contributed by atoms with Crippen LogP contribution in [0, 0.1) is 5.82 Å². The van der Waals surface area contributed by atoms with E-state index in [2.05, 4.69) is 11.6 Å². The Morgan fingerprint density at radius 1 is 1.43 bits per heavy atom. The maximum absolute atomic E-state index is 14.4. The second-order valence-electron chi connectivity index (χ2n) is 4.07. The van der Waals surface area contributed by atoms with Crippen molar-refractivity contribution in [2.45, 2.75) is 0 Å². The SMILES string of the molecule is C=Cc1ccc(OC)c(F)c1C(=O)c1cc(Cl)cnc1Cl. The molecular weight excluding hydrogens is 316 g/mol. The zero-order valence-electron chi connectivity index (χ0n) is 11.0. The summed E-state index contributed by atoms with van der Waals surface area (Å²) in [5, 5.41) is 0.174. The molecule has 0 N–H and O–H groups in total. The first-order valence-electron chi connectivity index (χ1n) is 5.84. The van der Waals surface area contributed by atoms with Crippen molar-refractivity contribution >= 4 is 35.1 Å². The van der Waals surface area contributed by atoms with Gasteiger partial charge in [0.2, 0.25) is 0 Å². The highest BCUT2D eigenvalue weighted by Gasteiger charge is 2.23. The van der Waals surface area contributed by atoms with E-state index in [1.807, 2.05) is 0 Å². The molecule has 1 heterocycles. The second kappa shape index (κ2) is 6.24. The van der Waals surface area contributed by atoms with E-state index in [1.54, 1.807) is 0 Å². The molecule has 0 aliphatic heterocycles. The fourth-order valence-electron chi connectivity index (χ4n) is 1.85. The maximum Gasteiger partial charge on any atom is 0.199 e. The van der Waals surface area contributed by atoms with Gasteiger partial charge in [-0.05, 0) is 17.7 Å². The van der Waals surface area contributed by atoms with Crippen molar-refractivity contribution in [3.8, 4) is 5.75 Å². The summed E-state index contributed by atoms with van der Waals surface area (Å²) in [5.41, 5.74) is 0.157. The van der Waals surface area contributed by atoms with Crippen molar-refractivity contribution in [3.63, 3.8) is 0 Å². The average molecular weight is 326 g/mol. The normalized spacial score (nSPS) is 10.3. The van der Waals surface area contributed by atoms with Crippen LogP contribution in [-0.2, 0) is 0 Å². The number of carbonyl (C=O) groups excluding carboxylic acids is 1. The predicted octanol–water partition coefficient (Wildman–Crippen LogP) is 4.41. The fourth-order valence-corrected chi connectivity index (χ4v) is 2.19. The Hall–Kier alpha value is -1.91. The molecule has 0 saturated heterocycles. The Morgan fingerprint density at radius 2 is 2.14 bits per heavy atom. The van der Waals surface area contributed by atoms with Crippen LogP contribution in [0.5, 0.6) is 5.75 Å². The zero-order valence-corrected chi connectivity index (χ0v) is 12.5. The molecule has 6 heteroatoms. The molecule has 0 amide bonds. The van der Waals surface area contributed by atoms with Crippen molar-refractivity contribution < 1.29 is 13.9 Å². The van der Waals surface area contributed by atoms with Gasteiger partial charge in [0, 0.05) is 6.20 Å². The number of hydrogen-bond acceptors (Lipinski definition) is 3. The summed E-state index contributed by atoms with van der Waals surface area (Å²) in [5.74, 6) is -1.47. The number of hydrogen-bond donors (Lipinski definition) is 0. The topological polar surface area (TPSA) is 39.2 Å². The summed E-state index contributed by atoms with van der Waals surface area (Å²) in [6.45, 7) is 3.57. The molecule has 0 aliphatic rings. The molecular formula is C15H10Cl2FNO2. The number of halogens is 3. The number of nitrogens with zero attached hydrogens (tertiary/aromatic N) is 1. The summed E-state index contributed by atoms with van der Waals surface area (Å²) < 4.78 is 19.3. The third kappa shape index (κ3) is 2.91. The van der Waals surface area contributed by atoms with Gasteiger partial charge in [-0.2, -0.15) is 0 Å². The Kier molecular flexibility index (Phi) is 4.60. The van der Waals surface area contributed by atoms with E-state index < -0.39 is 11.6 Å². The lowest BCUT2D eigenvalue weighted by molar-refractivity contribution is 0.103. The minimum absolute atomic E-state index is 0.0134. The number of ketones is 1. The van der Waals surface area contributed by atoms with E-state index in [1.165, 1.54) is 37.6 Å². The van der Waals surface area contributed by atoms with E-state index >= 15 is 0 Å². The van der Waals surface area contributed by atoms with Crippen molar-refractivity contribution in [3.05, 3.63) is 63.7 Å². The fraction of sp³-hybridized carbons (Fsp3) is 0.0667. The Bertz CT molecular complexity index is 732. The number of methoxy groups -OCH3 is 1. The lowest BCUT2D eigenvalue weighted by Crippen LogP contribution is -2.09. The van der Waals surface area contributed by atoms with Crippen LogP contribution in [0.1, 0.15) is 21.5 Å². The highest BCUT2D eigenvalue weighted by atomic mass is 35.5. The van der Waals surface area contributed by atoms with Gasteiger partial charge in [-0.25, -0.2) is 9.37 Å². The Balaban J connectivity index is 2.67. The number of ether oxygens (including phenoxy) is 1. The molecule has 21 heavy (non-hydrogen) atoms. The zero-order chi connectivity index (χ0) is 15.6. The van der Waals surface area contributed by atoms with E-state index in [0.29, 0.717) is 5.56 Å². The molecule has 0 radical (unpaired) electrons.